The SMILES string of the molecule is O=C(O)C=CC(=O)Nc1ccnc(N2CCOCC2)c1. The lowest BCUT2D eigenvalue weighted by Crippen LogP contribution is -2.36. The fourth-order valence-electron chi connectivity index (χ4n) is 1.79. The Labute approximate surface area is 115 Å². The van der Waals surface area contributed by atoms with Crippen molar-refractivity contribution in [2.75, 3.05) is 36.5 Å². The van der Waals surface area contributed by atoms with Gasteiger partial charge in [0, 0.05) is 43.2 Å². The summed E-state index contributed by atoms with van der Waals surface area (Å²) in [5, 5.41) is 11.0. The van der Waals surface area contributed by atoms with Gasteiger partial charge < -0.3 is 20.1 Å². The summed E-state index contributed by atoms with van der Waals surface area (Å²) in [5.41, 5.74) is 0.571. The number of nitrogens with zero attached hydrogens (tertiary/aromatic N) is 2. The fraction of sp³-hybridized carbons (Fsp3) is 0.308. The van der Waals surface area contributed by atoms with E-state index in [2.05, 4.69) is 15.2 Å². The van der Waals surface area contributed by atoms with E-state index in [0.29, 0.717) is 18.9 Å². The molecule has 7 heteroatoms. The lowest BCUT2D eigenvalue weighted by molar-refractivity contribution is -0.131. The number of carboxylic acid groups (broad SMARTS) is 1. The summed E-state index contributed by atoms with van der Waals surface area (Å²) in [6.45, 7) is 2.81. The van der Waals surface area contributed by atoms with Crippen LogP contribution >= 0.6 is 0 Å². The lowest BCUT2D eigenvalue weighted by Gasteiger charge is -2.27. The van der Waals surface area contributed by atoms with E-state index >= 15 is 0 Å². The standard InChI is InChI=1S/C13H15N3O4/c17-12(1-2-13(18)19)15-10-3-4-14-11(9-10)16-5-7-20-8-6-16/h1-4,9H,5-8H2,(H,18,19)(H,14,15,17). The Bertz CT molecular complexity index is 524. The van der Waals surface area contributed by atoms with Crippen molar-refractivity contribution in [1.82, 2.24) is 4.98 Å². The number of rotatable bonds is 4. The highest BCUT2D eigenvalue weighted by Gasteiger charge is 2.12. The largest absolute Gasteiger partial charge is 0.478 e. The number of anilines is 2. The molecule has 1 amide bonds. The number of carbonyl (C=O) groups excluding carboxylic acids is 1. The summed E-state index contributed by atoms with van der Waals surface area (Å²) < 4.78 is 5.27. The molecule has 0 bridgehead atoms. The first-order valence-corrected chi connectivity index (χ1v) is 6.16. The second-order valence-corrected chi connectivity index (χ2v) is 4.16. The quantitative estimate of drug-likeness (QED) is 0.779. The third kappa shape index (κ3) is 4.06. The van der Waals surface area contributed by atoms with Crippen LogP contribution in [0.15, 0.2) is 30.5 Å². The molecular weight excluding hydrogens is 262 g/mol. The molecule has 106 valence electrons. The second-order valence-electron chi connectivity index (χ2n) is 4.16. The van der Waals surface area contributed by atoms with E-state index in [-0.39, 0.29) is 0 Å². The summed E-state index contributed by atoms with van der Waals surface area (Å²) in [7, 11) is 0. The molecule has 0 aliphatic carbocycles. The van der Waals surface area contributed by atoms with Crippen LogP contribution in [-0.4, -0.2) is 48.3 Å². The average Bonchev–Trinajstić information content (AvgIpc) is 2.46. The zero-order valence-electron chi connectivity index (χ0n) is 10.8. The van der Waals surface area contributed by atoms with Gasteiger partial charge in [-0.2, -0.15) is 0 Å². The van der Waals surface area contributed by atoms with E-state index in [9.17, 15) is 9.59 Å². The lowest BCUT2D eigenvalue weighted by atomic mass is 10.3. The van der Waals surface area contributed by atoms with Gasteiger partial charge in [0.1, 0.15) is 5.82 Å². The molecule has 7 nitrogen and oxygen atoms in total. The molecule has 1 aliphatic rings. The number of aromatic nitrogens is 1. The molecule has 0 saturated carbocycles. The maximum Gasteiger partial charge on any atom is 0.328 e. The molecule has 0 atom stereocenters. The third-order valence-electron chi connectivity index (χ3n) is 2.73. The van der Waals surface area contributed by atoms with Crippen LogP contribution in [0.2, 0.25) is 0 Å². The van der Waals surface area contributed by atoms with E-state index in [1.165, 1.54) is 0 Å². The Balaban J connectivity index is 2.02. The van der Waals surface area contributed by atoms with Crippen LogP contribution < -0.4 is 10.2 Å². The third-order valence-corrected chi connectivity index (χ3v) is 2.73. The van der Waals surface area contributed by atoms with Crippen LogP contribution in [0.5, 0.6) is 0 Å². The van der Waals surface area contributed by atoms with Gasteiger partial charge in [0.2, 0.25) is 5.91 Å². The van der Waals surface area contributed by atoms with Crippen molar-refractivity contribution in [2.45, 2.75) is 0 Å². The molecule has 0 unspecified atom stereocenters. The van der Waals surface area contributed by atoms with Crippen LogP contribution in [0.25, 0.3) is 0 Å². The monoisotopic (exact) mass is 277 g/mol. The van der Waals surface area contributed by atoms with Crippen LogP contribution in [0.3, 0.4) is 0 Å². The average molecular weight is 277 g/mol. The zero-order chi connectivity index (χ0) is 14.4. The molecule has 1 fully saturated rings. The number of nitrogens with one attached hydrogen (secondary N) is 1. The van der Waals surface area contributed by atoms with Gasteiger partial charge in [-0.1, -0.05) is 0 Å². The van der Waals surface area contributed by atoms with Crippen molar-refractivity contribution in [1.29, 1.82) is 0 Å². The summed E-state index contributed by atoms with van der Waals surface area (Å²) in [6.07, 6.45) is 3.36. The molecule has 2 rings (SSSR count). The Morgan fingerprint density at radius 1 is 1.35 bits per heavy atom. The van der Waals surface area contributed by atoms with Gasteiger partial charge in [-0.05, 0) is 6.07 Å². The number of morpholine rings is 1. The minimum Gasteiger partial charge on any atom is -0.478 e. The van der Waals surface area contributed by atoms with Crippen molar-refractivity contribution in [3.8, 4) is 0 Å². The van der Waals surface area contributed by atoms with Crippen molar-refractivity contribution < 1.29 is 19.4 Å². The van der Waals surface area contributed by atoms with E-state index in [0.717, 1.165) is 31.1 Å². The van der Waals surface area contributed by atoms with Crippen LogP contribution in [0.4, 0.5) is 11.5 Å². The summed E-state index contributed by atoms with van der Waals surface area (Å²) in [6, 6.07) is 3.40. The van der Waals surface area contributed by atoms with Crippen molar-refractivity contribution in [3.63, 3.8) is 0 Å². The van der Waals surface area contributed by atoms with Crippen molar-refractivity contribution >= 4 is 23.4 Å². The molecule has 1 saturated heterocycles. The number of aliphatic carboxylic acids is 1. The first-order chi connectivity index (χ1) is 9.65. The number of pyridine rings is 1. The van der Waals surface area contributed by atoms with Gasteiger partial charge in [-0.15, -0.1) is 0 Å². The van der Waals surface area contributed by atoms with E-state index in [1.54, 1.807) is 18.3 Å². The van der Waals surface area contributed by atoms with E-state index in [4.69, 9.17) is 9.84 Å². The molecule has 1 aromatic rings. The minimum atomic E-state index is -1.16. The highest BCUT2D eigenvalue weighted by Crippen LogP contribution is 2.17. The summed E-state index contributed by atoms with van der Waals surface area (Å²) in [4.78, 5) is 28.1. The number of ether oxygens (including phenoxy) is 1. The van der Waals surface area contributed by atoms with Gasteiger partial charge in [0.05, 0.1) is 13.2 Å². The maximum atomic E-state index is 11.5. The molecule has 0 aromatic carbocycles. The number of hydrogen-bond donors (Lipinski definition) is 2. The van der Waals surface area contributed by atoms with Gasteiger partial charge in [0.15, 0.2) is 0 Å². The maximum absolute atomic E-state index is 11.5. The molecule has 0 radical (unpaired) electrons. The second kappa shape index (κ2) is 6.67. The molecule has 0 spiro atoms. The Kier molecular flexibility index (Phi) is 4.67. The smallest absolute Gasteiger partial charge is 0.328 e. The Morgan fingerprint density at radius 3 is 2.80 bits per heavy atom. The zero-order valence-corrected chi connectivity index (χ0v) is 10.8. The van der Waals surface area contributed by atoms with Gasteiger partial charge in [-0.25, -0.2) is 9.78 Å². The number of carbonyl (C=O) groups is 2. The first kappa shape index (κ1) is 14.0. The first-order valence-electron chi connectivity index (χ1n) is 6.16. The van der Waals surface area contributed by atoms with E-state index in [1.807, 2.05) is 0 Å². The normalized spacial score (nSPS) is 15.3. The van der Waals surface area contributed by atoms with E-state index < -0.39 is 11.9 Å². The van der Waals surface area contributed by atoms with Crippen molar-refractivity contribution in [3.05, 3.63) is 30.5 Å². The van der Waals surface area contributed by atoms with Crippen LogP contribution in [0, 0.1) is 0 Å². The molecule has 20 heavy (non-hydrogen) atoms. The van der Waals surface area contributed by atoms with Gasteiger partial charge in [0.25, 0.3) is 0 Å². The van der Waals surface area contributed by atoms with Gasteiger partial charge in [-0.3, -0.25) is 4.79 Å². The fourth-order valence-corrected chi connectivity index (χ4v) is 1.79. The molecule has 2 heterocycles. The predicted octanol–water partition coefficient (Wildman–Crippen LogP) is 0.497. The van der Waals surface area contributed by atoms with Gasteiger partial charge >= 0.3 is 5.97 Å². The number of carboxylic acids is 1. The number of hydrogen-bond acceptors (Lipinski definition) is 5. The molecular formula is C13H15N3O4. The Morgan fingerprint density at radius 2 is 2.10 bits per heavy atom. The molecule has 2 N–H and O–H groups in total. The minimum absolute atomic E-state index is 0.494. The highest BCUT2D eigenvalue weighted by molar-refractivity contribution is 6.02. The molecule has 1 aliphatic heterocycles. The van der Waals surface area contributed by atoms with Crippen LogP contribution in [0.1, 0.15) is 0 Å². The van der Waals surface area contributed by atoms with Crippen LogP contribution in [-0.2, 0) is 14.3 Å². The molecule has 1 aromatic heterocycles. The number of amides is 1. The predicted molar refractivity (Wildman–Crippen MR) is 72.7 cm³/mol. The summed E-state index contributed by atoms with van der Waals surface area (Å²) >= 11 is 0. The topological polar surface area (TPSA) is 91.8 Å². The highest BCUT2D eigenvalue weighted by atomic mass is 16.5. The summed E-state index contributed by atoms with van der Waals surface area (Å²) in [5.74, 6) is -0.899. The Hall–Kier alpha value is -2.41. The van der Waals surface area contributed by atoms with Crippen molar-refractivity contribution in [2.24, 2.45) is 0 Å².